The number of amides is 1. The van der Waals surface area contributed by atoms with Crippen LogP contribution in [0.1, 0.15) is 47.8 Å². The van der Waals surface area contributed by atoms with Crippen LogP contribution in [0, 0.1) is 17.7 Å². The Morgan fingerprint density at radius 3 is 2.41 bits per heavy atom. The van der Waals surface area contributed by atoms with Gasteiger partial charge in [-0.1, -0.05) is 18.3 Å². The van der Waals surface area contributed by atoms with Crippen molar-refractivity contribution < 1.29 is 33.3 Å². The first-order valence-electron chi connectivity index (χ1n) is 12.8. The molecular formula is C27H33FN4O6S. The third kappa shape index (κ3) is 7.00. The topological polar surface area (TPSA) is 116 Å². The smallest absolute Gasteiger partial charge is 0.337 e. The fraction of sp³-hybridized carbons (Fsp3) is 0.481. The second-order valence-electron chi connectivity index (χ2n) is 9.72. The Morgan fingerprint density at radius 1 is 1.13 bits per heavy atom. The first-order chi connectivity index (χ1) is 18.8. The third-order valence-corrected chi connectivity index (χ3v) is 7.80. The maximum atomic E-state index is 14.6. The lowest BCUT2D eigenvalue weighted by Gasteiger charge is -2.36. The van der Waals surface area contributed by atoms with Crippen LogP contribution < -0.4 is 9.64 Å². The fourth-order valence-corrected chi connectivity index (χ4v) is 5.73. The van der Waals surface area contributed by atoms with Gasteiger partial charge in [0.05, 0.1) is 49.4 Å². The molecule has 0 unspecified atom stereocenters. The molecule has 4 rings (SSSR count). The molecule has 1 aliphatic carbocycles. The van der Waals surface area contributed by atoms with Gasteiger partial charge in [-0.3, -0.25) is 4.79 Å². The molecule has 2 aromatic heterocycles. The van der Waals surface area contributed by atoms with E-state index < -0.39 is 17.8 Å². The van der Waals surface area contributed by atoms with Crippen LogP contribution in [-0.4, -0.2) is 65.5 Å². The highest BCUT2D eigenvalue weighted by Gasteiger charge is 2.35. The number of rotatable bonds is 12. The lowest BCUT2D eigenvalue weighted by atomic mass is 9.82. The van der Waals surface area contributed by atoms with Gasteiger partial charge in [-0.15, -0.1) is 0 Å². The minimum Gasteiger partial charge on any atom is -0.478 e. The van der Waals surface area contributed by atoms with Crippen LogP contribution >= 0.6 is 11.3 Å². The van der Waals surface area contributed by atoms with Crippen LogP contribution in [-0.2, 0) is 20.8 Å². The number of aromatic carboxylic acids is 1. The summed E-state index contributed by atoms with van der Waals surface area (Å²) in [5.41, 5.74) is 0.0785. The monoisotopic (exact) mass is 560 g/mol. The van der Waals surface area contributed by atoms with Gasteiger partial charge >= 0.3 is 5.97 Å². The zero-order chi connectivity index (χ0) is 27.9. The van der Waals surface area contributed by atoms with Crippen LogP contribution in [0.3, 0.4) is 0 Å². The normalized spacial score (nSPS) is 17.4. The van der Waals surface area contributed by atoms with Gasteiger partial charge in [0.1, 0.15) is 5.75 Å². The third-order valence-electron chi connectivity index (χ3n) is 6.82. The van der Waals surface area contributed by atoms with Crippen LogP contribution in [0.2, 0.25) is 0 Å². The Bertz CT molecular complexity index is 1250. The number of aromatic nitrogens is 3. The van der Waals surface area contributed by atoms with Gasteiger partial charge in [-0.25, -0.2) is 9.18 Å². The number of hydrogen-bond donors (Lipinski definition) is 1. The van der Waals surface area contributed by atoms with E-state index >= 15 is 0 Å². The molecular weight excluding hydrogens is 527 g/mol. The number of nitrogens with zero attached hydrogens (tertiary/aromatic N) is 4. The molecule has 0 radical (unpaired) electrons. The van der Waals surface area contributed by atoms with E-state index in [1.807, 2.05) is 0 Å². The second kappa shape index (κ2) is 13.1. The summed E-state index contributed by atoms with van der Waals surface area (Å²) in [7, 11) is 3.05. The molecule has 1 fully saturated rings. The number of methoxy groups -OCH3 is 2. The van der Waals surface area contributed by atoms with Gasteiger partial charge in [-0.2, -0.15) is 15.0 Å². The number of carboxylic acid groups (broad SMARTS) is 1. The van der Waals surface area contributed by atoms with Gasteiger partial charge in [-0.05, 0) is 55.9 Å². The van der Waals surface area contributed by atoms with E-state index in [1.54, 1.807) is 0 Å². The molecule has 0 spiro atoms. The quantitative estimate of drug-likeness (QED) is 0.335. The highest BCUT2D eigenvalue weighted by atomic mass is 32.1. The fourth-order valence-electron chi connectivity index (χ4n) is 4.86. The number of halogens is 1. The molecule has 0 atom stereocenters. The molecule has 1 saturated carbocycles. The lowest BCUT2D eigenvalue weighted by molar-refractivity contribution is -0.124. The van der Waals surface area contributed by atoms with Gasteiger partial charge in [0.15, 0.2) is 5.82 Å². The van der Waals surface area contributed by atoms with Crippen LogP contribution in [0.4, 0.5) is 10.1 Å². The molecule has 2 heterocycles. The Kier molecular flexibility index (Phi) is 9.65. The van der Waals surface area contributed by atoms with Crippen molar-refractivity contribution in [1.29, 1.82) is 0 Å². The lowest BCUT2D eigenvalue weighted by Crippen LogP contribution is -2.49. The van der Waals surface area contributed by atoms with Gasteiger partial charge in [0, 0.05) is 25.0 Å². The van der Waals surface area contributed by atoms with Crippen LogP contribution in [0.5, 0.6) is 10.8 Å². The summed E-state index contributed by atoms with van der Waals surface area (Å²) in [6, 6.07) is 5.17. The largest absolute Gasteiger partial charge is 0.478 e. The van der Waals surface area contributed by atoms with E-state index in [-0.39, 0.29) is 53.6 Å². The number of carboxylic acids is 1. The number of thiophene rings is 1. The van der Waals surface area contributed by atoms with Crippen LogP contribution in [0.15, 0.2) is 36.7 Å². The van der Waals surface area contributed by atoms with E-state index in [2.05, 4.69) is 17.1 Å². The molecule has 1 aromatic carbocycles. The average molecular weight is 561 g/mol. The van der Waals surface area contributed by atoms with Crippen molar-refractivity contribution in [3.05, 3.63) is 52.9 Å². The SMILES string of the molecule is COCC(COC)N(C(=O)C1CCC(C)CC1)c1ccc(Oc2sc(Cn3nccn3)cc2F)cc1C(=O)O. The standard InChI is InChI=1S/C27H33FN4O6S/c1-17-4-6-18(7-5-17)25(33)32(19(15-36-2)16-37-3)24-9-8-20(12-22(24)26(34)35)38-27-23(28)13-21(39-27)14-31-29-10-11-30-31/h8-13,17-19H,4-7,14-16H2,1-3H3,(H,34,35). The number of ether oxygens (including phenoxy) is 3. The van der Waals surface area contributed by atoms with Crippen molar-refractivity contribution in [3.8, 4) is 10.8 Å². The molecule has 0 bridgehead atoms. The molecule has 1 amide bonds. The van der Waals surface area contributed by atoms with Crippen molar-refractivity contribution in [1.82, 2.24) is 15.0 Å². The summed E-state index contributed by atoms with van der Waals surface area (Å²) in [5.74, 6) is -1.51. The van der Waals surface area contributed by atoms with Crippen molar-refractivity contribution in [3.63, 3.8) is 0 Å². The van der Waals surface area contributed by atoms with E-state index in [1.165, 1.54) is 60.6 Å². The van der Waals surface area contributed by atoms with Crippen molar-refractivity contribution in [2.24, 2.45) is 11.8 Å². The van der Waals surface area contributed by atoms with Gasteiger partial charge < -0.3 is 24.2 Å². The number of hydrogen-bond acceptors (Lipinski definition) is 8. The number of anilines is 1. The van der Waals surface area contributed by atoms with E-state index in [0.29, 0.717) is 10.8 Å². The molecule has 10 nitrogen and oxygen atoms in total. The molecule has 0 saturated heterocycles. The zero-order valence-electron chi connectivity index (χ0n) is 22.2. The summed E-state index contributed by atoms with van der Waals surface area (Å²) in [6.45, 7) is 2.77. The Labute approximate surface area is 230 Å². The number of carbonyl (C=O) groups is 2. The summed E-state index contributed by atoms with van der Waals surface area (Å²) < 4.78 is 31.1. The average Bonchev–Trinajstić information content (AvgIpc) is 3.54. The minimum atomic E-state index is -1.24. The predicted octanol–water partition coefficient (Wildman–Crippen LogP) is 4.84. The molecule has 1 aliphatic rings. The number of carbonyl (C=O) groups excluding carboxylic acids is 1. The van der Waals surface area contributed by atoms with Crippen molar-refractivity contribution in [2.45, 2.75) is 45.2 Å². The first kappa shape index (κ1) is 28.7. The van der Waals surface area contributed by atoms with Gasteiger partial charge in [0.25, 0.3) is 0 Å². The molecule has 0 aliphatic heterocycles. The summed E-state index contributed by atoms with van der Waals surface area (Å²) >= 11 is 1.08. The summed E-state index contributed by atoms with van der Waals surface area (Å²) in [5, 5.41) is 18.2. The van der Waals surface area contributed by atoms with Crippen molar-refractivity contribution >= 4 is 28.9 Å². The van der Waals surface area contributed by atoms with E-state index in [0.717, 1.165) is 37.0 Å². The van der Waals surface area contributed by atoms with Gasteiger partial charge in [0.2, 0.25) is 11.0 Å². The Balaban J connectivity index is 1.65. The summed E-state index contributed by atoms with van der Waals surface area (Å²) in [4.78, 5) is 29.8. The van der Waals surface area contributed by atoms with Crippen LogP contribution in [0.25, 0.3) is 0 Å². The highest BCUT2D eigenvalue weighted by molar-refractivity contribution is 7.13. The maximum Gasteiger partial charge on any atom is 0.337 e. The number of benzene rings is 1. The molecule has 210 valence electrons. The zero-order valence-corrected chi connectivity index (χ0v) is 23.0. The minimum absolute atomic E-state index is 0.0119. The highest BCUT2D eigenvalue weighted by Crippen LogP contribution is 2.37. The molecule has 39 heavy (non-hydrogen) atoms. The van der Waals surface area contributed by atoms with Crippen molar-refractivity contribution in [2.75, 3.05) is 32.3 Å². The van der Waals surface area contributed by atoms with E-state index in [4.69, 9.17) is 14.2 Å². The second-order valence-corrected chi connectivity index (χ2v) is 10.8. The molecule has 12 heteroatoms. The Morgan fingerprint density at radius 2 is 1.79 bits per heavy atom. The molecule has 3 aromatic rings. The Hall–Kier alpha value is -3.35. The first-order valence-corrected chi connectivity index (χ1v) is 13.6. The summed E-state index contributed by atoms with van der Waals surface area (Å²) in [6.07, 6.45) is 6.41. The van der Waals surface area contributed by atoms with E-state index in [9.17, 15) is 19.1 Å². The predicted molar refractivity (Wildman–Crippen MR) is 143 cm³/mol. The molecule has 1 N–H and O–H groups in total. The maximum absolute atomic E-state index is 14.6.